The van der Waals surface area contributed by atoms with Crippen molar-refractivity contribution >= 4 is 28.8 Å². The molecule has 0 bridgehead atoms. The number of carbonyl (C=O) groups excluding carboxylic acids is 2. The van der Waals surface area contributed by atoms with Crippen LogP contribution in [0.3, 0.4) is 0 Å². The van der Waals surface area contributed by atoms with Crippen LogP contribution >= 0.6 is 11.3 Å². The van der Waals surface area contributed by atoms with Crippen molar-refractivity contribution in [3.63, 3.8) is 0 Å². The van der Waals surface area contributed by atoms with E-state index in [0.717, 1.165) is 36.1 Å². The van der Waals surface area contributed by atoms with Gasteiger partial charge in [0.1, 0.15) is 11.8 Å². The first kappa shape index (κ1) is 23.1. The molecule has 1 fully saturated rings. The molecule has 1 aliphatic rings. The normalized spacial score (nSPS) is 14.9. The van der Waals surface area contributed by atoms with Gasteiger partial charge in [-0.1, -0.05) is 55.7 Å². The van der Waals surface area contributed by atoms with Crippen molar-refractivity contribution in [2.75, 3.05) is 12.0 Å². The van der Waals surface area contributed by atoms with Crippen LogP contribution in [0.25, 0.3) is 0 Å². The third-order valence-corrected chi connectivity index (χ3v) is 6.95. The second-order valence-electron chi connectivity index (χ2n) is 8.38. The smallest absolute Gasteiger partial charge is 0.248 e. The van der Waals surface area contributed by atoms with Crippen LogP contribution in [0.1, 0.15) is 48.6 Å². The Kier molecular flexibility index (Phi) is 7.79. The van der Waals surface area contributed by atoms with Gasteiger partial charge in [0.15, 0.2) is 0 Å². The van der Waals surface area contributed by atoms with Crippen LogP contribution < -0.4 is 15.0 Å². The van der Waals surface area contributed by atoms with Gasteiger partial charge in [-0.05, 0) is 54.1 Å². The van der Waals surface area contributed by atoms with E-state index in [0.29, 0.717) is 11.4 Å². The summed E-state index contributed by atoms with van der Waals surface area (Å²) in [5.74, 6) is 0.385. The Balaban J connectivity index is 1.74. The summed E-state index contributed by atoms with van der Waals surface area (Å²) in [5, 5.41) is 5.21. The van der Waals surface area contributed by atoms with Gasteiger partial charge in [-0.3, -0.25) is 14.5 Å². The highest BCUT2D eigenvalue weighted by atomic mass is 32.1. The van der Waals surface area contributed by atoms with Crippen molar-refractivity contribution in [1.29, 1.82) is 0 Å². The molecule has 172 valence electrons. The van der Waals surface area contributed by atoms with Crippen LogP contribution in [-0.4, -0.2) is 25.0 Å². The quantitative estimate of drug-likeness (QED) is 0.479. The second kappa shape index (κ2) is 11.1. The van der Waals surface area contributed by atoms with Crippen molar-refractivity contribution in [2.45, 2.75) is 50.6 Å². The number of nitrogens with one attached hydrogen (secondary N) is 1. The SMILES string of the molecule is COc1cccc([C@@H](C(=O)NC2CCCCC2)N(C(=O)Cc2cccs2)c2ccccc2)c1. The second-order valence-corrected chi connectivity index (χ2v) is 9.41. The Morgan fingerprint density at radius 3 is 2.52 bits per heavy atom. The van der Waals surface area contributed by atoms with Gasteiger partial charge in [0.25, 0.3) is 0 Å². The summed E-state index contributed by atoms with van der Waals surface area (Å²) in [6.07, 6.45) is 5.64. The van der Waals surface area contributed by atoms with Crippen LogP contribution in [0, 0.1) is 0 Å². The zero-order chi connectivity index (χ0) is 23.0. The van der Waals surface area contributed by atoms with E-state index in [2.05, 4.69) is 5.32 Å². The average Bonchev–Trinajstić information content (AvgIpc) is 3.36. The van der Waals surface area contributed by atoms with Crippen molar-refractivity contribution in [3.05, 3.63) is 82.6 Å². The molecular formula is C27H30N2O3S. The van der Waals surface area contributed by atoms with Crippen LogP contribution in [0.4, 0.5) is 5.69 Å². The highest BCUT2D eigenvalue weighted by Crippen LogP contribution is 2.31. The van der Waals surface area contributed by atoms with E-state index < -0.39 is 6.04 Å². The lowest BCUT2D eigenvalue weighted by Gasteiger charge is -2.33. The maximum Gasteiger partial charge on any atom is 0.248 e. The molecule has 5 nitrogen and oxygen atoms in total. The van der Waals surface area contributed by atoms with Gasteiger partial charge in [-0.2, -0.15) is 0 Å². The fourth-order valence-electron chi connectivity index (χ4n) is 4.43. The fraction of sp³-hybridized carbons (Fsp3) is 0.333. The molecule has 0 saturated heterocycles. The van der Waals surface area contributed by atoms with E-state index >= 15 is 0 Å². The molecule has 0 spiro atoms. The van der Waals surface area contributed by atoms with Gasteiger partial charge in [-0.25, -0.2) is 0 Å². The predicted octanol–water partition coefficient (Wildman–Crippen LogP) is 5.52. The summed E-state index contributed by atoms with van der Waals surface area (Å²) >= 11 is 1.55. The Hall–Kier alpha value is -3.12. The molecule has 0 unspecified atom stereocenters. The number of thiophene rings is 1. The maximum atomic E-state index is 13.8. The fourth-order valence-corrected chi connectivity index (χ4v) is 5.13. The molecule has 1 aromatic heterocycles. The van der Waals surface area contributed by atoms with Gasteiger partial charge in [0, 0.05) is 16.6 Å². The van der Waals surface area contributed by atoms with Gasteiger partial charge in [-0.15, -0.1) is 11.3 Å². The number of anilines is 1. The zero-order valence-corrected chi connectivity index (χ0v) is 19.7. The summed E-state index contributed by atoms with van der Waals surface area (Å²) in [5.41, 5.74) is 1.43. The lowest BCUT2D eigenvalue weighted by atomic mass is 9.94. The molecule has 1 saturated carbocycles. The van der Waals surface area contributed by atoms with Gasteiger partial charge >= 0.3 is 0 Å². The average molecular weight is 463 g/mol. The summed E-state index contributed by atoms with van der Waals surface area (Å²) < 4.78 is 5.43. The summed E-state index contributed by atoms with van der Waals surface area (Å²) in [7, 11) is 1.60. The van der Waals surface area contributed by atoms with Crippen molar-refractivity contribution in [3.8, 4) is 5.75 Å². The van der Waals surface area contributed by atoms with E-state index in [4.69, 9.17) is 4.74 Å². The minimum Gasteiger partial charge on any atom is -0.497 e. The Morgan fingerprint density at radius 1 is 1.03 bits per heavy atom. The largest absolute Gasteiger partial charge is 0.497 e. The number of methoxy groups -OCH3 is 1. The molecule has 6 heteroatoms. The highest BCUT2D eigenvalue weighted by Gasteiger charge is 2.34. The number of para-hydroxylation sites is 1. The molecular weight excluding hydrogens is 432 g/mol. The highest BCUT2D eigenvalue weighted by molar-refractivity contribution is 7.10. The zero-order valence-electron chi connectivity index (χ0n) is 18.9. The molecule has 1 heterocycles. The van der Waals surface area contributed by atoms with Crippen LogP contribution in [0.5, 0.6) is 5.75 Å². The van der Waals surface area contributed by atoms with E-state index in [1.807, 2.05) is 72.1 Å². The molecule has 1 N–H and O–H groups in total. The number of amides is 2. The topological polar surface area (TPSA) is 58.6 Å². The molecule has 2 amide bonds. The van der Waals surface area contributed by atoms with Gasteiger partial charge < -0.3 is 10.1 Å². The van der Waals surface area contributed by atoms with Gasteiger partial charge in [0.05, 0.1) is 13.5 Å². The first-order valence-corrected chi connectivity index (χ1v) is 12.4. The molecule has 4 rings (SSSR count). The maximum absolute atomic E-state index is 13.8. The minimum absolute atomic E-state index is 0.115. The van der Waals surface area contributed by atoms with E-state index in [-0.39, 0.29) is 24.3 Å². The summed E-state index contributed by atoms with van der Waals surface area (Å²) in [6, 6.07) is 20.1. The molecule has 33 heavy (non-hydrogen) atoms. The molecule has 2 aromatic carbocycles. The monoisotopic (exact) mass is 462 g/mol. The van der Waals surface area contributed by atoms with Crippen LogP contribution in [0.2, 0.25) is 0 Å². The molecule has 1 aliphatic carbocycles. The Bertz CT molecular complexity index is 1050. The number of carbonyl (C=O) groups is 2. The number of nitrogens with zero attached hydrogens (tertiary/aromatic N) is 1. The number of hydrogen-bond acceptors (Lipinski definition) is 4. The van der Waals surface area contributed by atoms with E-state index in [9.17, 15) is 9.59 Å². The molecule has 3 aromatic rings. The summed E-state index contributed by atoms with van der Waals surface area (Å²) in [6.45, 7) is 0. The van der Waals surface area contributed by atoms with Crippen molar-refractivity contribution < 1.29 is 14.3 Å². The minimum atomic E-state index is -0.795. The Labute approximate surface area is 199 Å². The Morgan fingerprint density at radius 2 is 1.82 bits per heavy atom. The van der Waals surface area contributed by atoms with Gasteiger partial charge in [0.2, 0.25) is 11.8 Å². The first-order valence-electron chi connectivity index (χ1n) is 11.5. The van der Waals surface area contributed by atoms with Crippen LogP contribution in [0.15, 0.2) is 72.1 Å². The predicted molar refractivity (Wildman–Crippen MR) is 133 cm³/mol. The lowest BCUT2D eigenvalue weighted by Crippen LogP contribution is -2.47. The lowest BCUT2D eigenvalue weighted by molar-refractivity contribution is -0.127. The number of hydrogen-bond donors (Lipinski definition) is 1. The molecule has 0 aliphatic heterocycles. The van der Waals surface area contributed by atoms with Crippen LogP contribution in [-0.2, 0) is 16.0 Å². The van der Waals surface area contributed by atoms with E-state index in [1.54, 1.807) is 23.3 Å². The number of ether oxygens (including phenoxy) is 1. The number of rotatable bonds is 8. The first-order chi connectivity index (χ1) is 16.2. The van der Waals surface area contributed by atoms with Crippen molar-refractivity contribution in [1.82, 2.24) is 5.32 Å². The number of benzene rings is 2. The standard InChI is InChI=1S/C27H30N2O3S/c1-32-23-15-8-10-20(18-23)26(27(31)28-21-11-4-2-5-12-21)29(22-13-6-3-7-14-22)25(30)19-24-16-9-17-33-24/h3,6-10,13-18,21,26H,2,4-5,11-12,19H2,1H3,(H,28,31)/t26-/m0/s1. The van der Waals surface area contributed by atoms with E-state index in [1.165, 1.54) is 6.42 Å². The van der Waals surface area contributed by atoms with Crippen molar-refractivity contribution in [2.24, 2.45) is 0 Å². The molecule has 0 radical (unpaired) electrons. The summed E-state index contributed by atoms with van der Waals surface area (Å²) in [4.78, 5) is 30.1. The molecule has 1 atom stereocenters. The third kappa shape index (κ3) is 5.82. The third-order valence-electron chi connectivity index (χ3n) is 6.08.